The molecular weight excluding hydrogens is 320 g/mol. The normalized spacial score (nSPS) is 21.8. The first-order valence-corrected chi connectivity index (χ1v) is 10.1. The van der Waals surface area contributed by atoms with Gasteiger partial charge in [0.15, 0.2) is 0 Å². The first-order chi connectivity index (χ1) is 12.8. The molecule has 138 valence electrons. The molecule has 2 fully saturated rings. The summed E-state index contributed by atoms with van der Waals surface area (Å²) in [5.41, 5.74) is 1.46. The molecule has 4 heteroatoms. The maximum atomic E-state index is 4.90. The standard InChI is InChI=1S/C22H30N4/c1-18-6-5-13-26(17-18)21-9-12-23-22(24-21)25-14-10-20(11-15-25)16-19-7-3-2-4-8-19/h2-4,7-9,12,18,20H,5-6,10-11,13-17H2,1H3. The van der Waals surface area contributed by atoms with Crippen molar-refractivity contribution in [3.8, 4) is 0 Å². The fraction of sp³-hybridized carbons (Fsp3) is 0.545. The number of aromatic nitrogens is 2. The van der Waals surface area contributed by atoms with Crippen LogP contribution in [0.3, 0.4) is 0 Å². The van der Waals surface area contributed by atoms with E-state index in [1.165, 1.54) is 37.7 Å². The smallest absolute Gasteiger partial charge is 0.227 e. The molecule has 2 aliphatic heterocycles. The molecule has 1 aromatic heterocycles. The maximum Gasteiger partial charge on any atom is 0.227 e. The predicted octanol–water partition coefficient (Wildman–Crippen LogP) is 4.17. The lowest BCUT2D eigenvalue weighted by Crippen LogP contribution is -2.37. The molecule has 0 saturated carbocycles. The molecule has 0 amide bonds. The molecule has 26 heavy (non-hydrogen) atoms. The van der Waals surface area contributed by atoms with Crippen molar-refractivity contribution in [2.45, 2.75) is 39.0 Å². The number of anilines is 2. The molecule has 2 aliphatic rings. The number of rotatable bonds is 4. The summed E-state index contributed by atoms with van der Waals surface area (Å²) in [6.07, 6.45) is 8.19. The second-order valence-electron chi connectivity index (χ2n) is 8.03. The lowest BCUT2D eigenvalue weighted by molar-refractivity contribution is 0.400. The summed E-state index contributed by atoms with van der Waals surface area (Å²) < 4.78 is 0. The average molecular weight is 351 g/mol. The Balaban J connectivity index is 1.36. The van der Waals surface area contributed by atoms with Crippen LogP contribution < -0.4 is 9.80 Å². The van der Waals surface area contributed by atoms with E-state index in [-0.39, 0.29) is 0 Å². The molecule has 3 heterocycles. The number of piperidine rings is 2. The van der Waals surface area contributed by atoms with E-state index in [1.54, 1.807) is 0 Å². The van der Waals surface area contributed by atoms with Crippen LogP contribution in [0.5, 0.6) is 0 Å². The van der Waals surface area contributed by atoms with Crippen molar-refractivity contribution in [3.63, 3.8) is 0 Å². The van der Waals surface area contributed by atoms with Gasteiger partial charge in [0.25, 0.3) is 0 Å². The first kappa shape index (κ1) is 17.3. The van der Waals surface area contributed by atoms with E-state index >= 15 is 0 Å². The van der Waals surface area contributed by atoms with Crippen LogP contribution in [-0.4, -0.2) is 36.1 Å². The average Bonchev–Trinajstić information content (AvgIpc) is 2.69. The molecule has 0 aliphatic carbocycles. The minimum absolute atomic E-state index is 0.760. The molecule has 0 radical (unpaired) electrons. The molecule has 1 aromatic carbocycles. The van der Waals surface area contributed by atoms with E-state index in [0.717, 1.165) is 49.8 Å². The van der Waals surface area contributed by atoms with Crippen molar-refractivity contribution < 1.29 is 0 Å². The van der Waals surface area contributed by atoms with Crippen molar-refractivity contribution in [1.82, 2.24) is 9.97 Å². The molecule has 2 saturated heterocycles. The van der Waals surface area contributed by atoms with Crippen molar-refractivity contribution in [3.05, 3.63) is 48.2 Å². The largest absolute Gasteiger partial charge is 0.356 e. The van der Waals surface area contributed by atoms with Crippen molar-refractivity contribution in [2.75, 3.05) is 36.0 Å². The highest BCUT2D eigenvalue weighted by Crippen LogP contribution is 2.26. The van der Waals surface area contributed by atoms with Gasteiger partial charge in [0, 0.05) is 32.4 Å². The molecule has 0 N–H and O–H groups in total. The van der Waals surface area contributed by atoms with Crippen LogP contribution in [0.2, 0.25) is 0 Å². The third-order valence-electron chi connectivity index (χ3n) is 5.87. The minimum Gasteiger partial charge on any atom is -0.356 e. The zero-order valence-electron chi connectivity index (χ0n) is 15.8. The van der Waals surface area contributed by atoms with Gasteiger partial charge in [-0.15, -0.1) is 0 Å². The second kappa shape index (κ2) is 8.07. The topological polar surface area (TPSA) is 32.3 Å². The molecule has 1 unspecified atom stereocenters. The minimum atomic E-state index is 0.760. The summed E-state index contributed by atoms with van der Waals surface area (Å²) in [4.78, 5) is 14.3. The van der Waals surface area contributed by atoms with Crippen LogP contribution in [0.15, 0.2) is 42.6 Å². The molecule has 2 aromatic rings. The summed E-state index contributed by atoms with van der Waals surface area (Å²) in [5, 5.41) is 0. The summed E-state index contributed by atoms with van der Waals surface area (Å²) in [6, 6.07) is 13.0. The molecule has 0 bridgehead atoms. The highest BCUT2D eigenvalue weighted by Gasteiger charge is 2.23. The number of nitrogens with zero attached hydrogens (tertiary/aromatic N) is 4. The van der Waals surface area contributed by atoms with E-state index in [2.05, 4.69) is 58.1 Å². The SMILES string of the molecule is CC1CCCN(c2ccnc(N3CCC(Cc4ccccc4)CC3)n2)C1. The van der Waals surface area contributed by atoms with E-state index in [0.29, 0.717) is 0 Å². The summed E-state index contributed by atoms with van der Waals surface area (Å²) in [6.45, 7) is 6.72. The van der Waals surface area contributed by atoms with Gasteiger partial charge in [-0.05, 0) is 55.6 Å². The zero-order valence-corrected chi connectivity index (χ0v) is 15.8. The molecule has 1 atom stereocenters. The van der Waals surface area contributed by atoms with Gasteiger partial charge in [0.1, 0.15) is 5.82 Å². The fourth-order valence-electron chi connectivity index (χ4n) is 4.35. The van der Waals surface area contributed by atoms with Gasteiger partial charge in [-0.2, -0.15) is 4.98 Å². The highest BCUT2D eigenvalue weighted by molar-refractivity contribution is 5.44. The number of hydrogen-bond acceptors (Lipinski definition) is 4. The van der Waals surface area contributed by atoms with Gasteiger partial charge in [-0.3, -0.25) is 0 Å². The van der Waals surface area contributed by atoms with Gasteiger partial charge in [0.2, 0.25) is 5.95 Å². The first-order valence-electron chi connectivity index (χ1n) is 10.1. The van der Waals surface area contributed by atoms with Crippen molar-refractivity contribution in [1.29, 1.82) is 0 Å². The Morgan fingerprint density at radius 3 is 2.54 bits per heavy atom. The summed E-state index contributed by atoms with van der Waals surface area (Å²) in [7, 11) is 0. The van der Waals surface area contributed by atoms with Crippen molar-refractivity contribution in [2.24, 2.45) is 11.8 Å². The number of benzene rings is 1. The van der Waals surface area contributed by atoms with E-state index in [4.69, 9.17) is 4.98 Å². The Bertz CT molecular complexity index is 694. The van der Waals surface area contributed by atoms with E-state index < -0.39 is 0 Å². The predicted molar refractivity (Wildman–Crippen MR) is 108 cm³/mol. The van der Waals surface area contributed by atoms with Crippen LogP contribution in [0, 0.1) is 11.8 Å². The molecule has 4 nitrogen and oxygen atoms in total. The van der Waals surface area contributed by atoms with Crippen LogP contribution in [0.25, 0.3) is 0 Å². The molecular formula is C22H30N4. The monoisotopic (exact) mass is 350 g/mol. The molecule has 4 rings (SSSR count). The second-order valence-corrected chi connectivity index (χ2v) is 8.03. The quantitative estimate of drug-likeness (QED) is 0.828. The Labute approximate surface area is 157 Å². The van der Waals surface area contributed by atoms with Gasteiger partial charge in [-0.1, -0.05) is 37.3 Å². The summed E-state index contributed by atoms with van der Waals surface area (Å²) >= 11 is 0. The van der Waals surface area contributed by atoms with Gasteiger partial charge < -0.3 is 9.80 Å². The maximum absolute atomic E-state index is 4.90. The van der Waals surface area contributed by atoms with Crippen LogP contribution in [0.4, 0.5) is 11.8 Å². The highest BCUT2D eigenvalue weighted by atomic mass is 15.3. The van der Waals surface area contributed by atoms with E-state index in [9.17, 15) is 0 Å². The van der Waals surface area contributed by atoms with Crippen LogP contribution >= 0.6 is 0 Å². The Morgan fingerprint density at radius 1 is 0.962 bits per heavy atom. The third kappa shape index (κ3) is 4.17. The lowest BCUT2D eigenvalue weighted by Gasteiger charge is -2.34. The third-order valence-corrected chi connectivity index (χ3v) is 5.87. The van der Waals surface area contributed by atoms with Crippen molar-refractivity contribution >= 4 is 11.8 Å². The fourth-order valence-corrected chi connectivity index (χ4v) is 4.35. The Kier molecular flexibility index (Phi) is 5.37. The van der Waals surface area contributed by atoms with Gasteiger partial charge >= 0.3 is 0 Å². The lowest BCUT2D eigenvalue weighted by atomic mass is 9.90. The van der Waals surface area contributed by atoms with Crippen LogP contribution in [-0.2, 0) is 6.42 Å². The van der Waals surface area contributed by atoms with Gasteiger partial charge in [0.05, 0.1) is 0 Å². The van der Waals surface area contributed by atoms with Crippen LogP contribution in [0.1, 0.15) is 38.2 Å². The zero-order chi connectivity index (χ0) is 17.8. The molecule has 0 spiro atoms. The Morgan fingerprint density at radius 2 is 1.77 bits per heavy atom. The number of hydrogen-bond donors (Lipinski definition) is 0. The Hall–Kier alpha value is -2.10. The van der Waals surface area contributed by atoms with Gasteiger partial charge in [-0.25, -0.2) is 4.98 Å². The van der Waals surface area contributed by atoms with E-state index in [1.807, 2.05) is 6.20 Å². The summed E-state index contributed by atoms with van der Waals surface area (Å²) in [5.74, 6) is 3.56.